The quantitative estimate of drug-likeness (QED) is 0.715. The molecule has 2 aromatic rings. The molecule has 1 saturated carbocycles. The SMILES string of the molecule is CCC(NC(=O)Cn1nc(C(F)(F)F)c(Br)c1C1CC1)c1ccccc1. The highest BCUT2D eigenvalue weighted by atomic mass is 79.9. The van der Waals surface area contributed by atoms with Crippen LogP contribution in [-0.4, -0.2) is 15.7 Å². The number of carbonyl (C=O) groups is 1. The van der Waals surface area contributed by atoms with E-state index in [1.165, 1.54) is 4.68 Å². The van der Waals surface area contributed by atoms with Crippen LogP contribution in [0.5, 0.6) is 0 Å². The Bertz CT molecular complexity index is 785. The first-order valence-corrected chi connectivity index (χ1v) is 9.28. The Labute approximate surface area is 157 Å². The Balaban J connectivity index is 1.79. The predicted octanol–water partition coefficient (Wildman–Crippen LogP) is 4.81. The summed E-state index contributed by atoms with van der Waals surface area (Å²) in [6.07, 6.45) is -2.25. The summed E-state index contributed by atoms with van der Waals surface area (Å²) in [7, 11) is 0. The molecule has 1 aliphatic rings. The highest BCUT2D eigenvalue weighted by Crippen LogP contribution is 2.46. The zero-order chi connectivity index (χ0) is 18.9. The summed E-state index contributed by atoms with van der Waals surface area (Å²) in [5.74, 6) is -0.330. The Morgan fingerprint density at radius 3 is 2.54 bits per heavy atom. The first-order valence-electron chi connectivity index (χ1n) is 8.49. The Kier molecular flexibility index (Phi) is 5.41. The third-order valence-corrected chi connectivity index (χ3v) is 5.18. The molecule has 1 heterocycles. The molecule has 0 aliphatic heterocycles. The highest BCUT2D eigenvalue weighted by Gasteiger charge is 2.42. The van der Waals surface area contributed by atoms with Crippen LogP contribution >= 0.6 is 15.9 Å². The van der Waals surface area contributed by atoms with Crippen LogP contribution in [0.1, 0.15) is 55.1 Å². The molecule has 140 valence electrons. The lowest BCUT2D eigenvalue weighted by Crippen LogP contribution is -2.32. The molecular formula is C18H19BrF3N3O. The summed E-state index contributed by atoms with van der Waals surface area (Å²) in [4.78, 5) is 12.5. The number of aromatic nitrogens is 2. The smallest absolute Gasteiger partial charge is 0.348 e. The molecular weight excluding hydrogens is 411 g/mol. The fraction of sp³-hybridized carbons (Fsp3) is 0.444. The number of nitrogens with zero attached hydrogens (tertiary/aromatic N) is 2. The van der Waals surface area contributed by atoms with Crippen molar-refractivity contribution in [2.24, 2.45) is 0 Å². The van der Waals surface area contributed by atoms with Gasteiger partial charge in [0.05, 0.1) is 16.2 Å². The number of halogens is 4. The van der Waals surface area contributed by atoms with E-state index in [1.54, 1.807) is 0 Å². The van der Waals surface area contributed by atoms with Gasteiger partial charge in [0, 0.05) is 5.92 Å². The van der Waals surface area contributed by atoms with E-state index in [0.29, 0.717) is 12.1 Å². The monoisotopic (exact) mass is 429 g/mol. The molecule has 1 fully saturated rings. The zero-order valence-electron chi connectivity index (χ0n) is 14.2. The second-order valence-electron chi connectivity index (χ2n) is 6.42. The standard InChI is InChI=1S/C18H19BrF3N3O/c1-2-13(11-6-4-3-5-7-11)23-14(26)10-25-16(12-8-9-12)15(19)17(24-25)18(20,21)22/h3-7,12-13H,2,8-10H2,1H3,(H,23,26). The van der Waals surface area contributed by atoms with Crippen molar-refractivity contribution >= 4 is 21.8 Å². The molecule has 1 amide bonds. The van der Waals surface area contributed by atoms with Gasteiger partial charge in [-0.05, 0) is 40.8 Å². The van der Waals surface area contributed by atoms with E-state index in [-0.39, 0.29) is 28.9 Å². The van der Waals surface area contributed by atoms with Crippen LogP contribution in [0.3, 0.4) is 0 Å². The van der Waals surface area contributed by atoms with Crippen LogP contribution in [0.4, 0.5) is 13.2 Å². The molecule has 1 aromatic carbocycles. The van der Waals surface area contributed by atoms with Gasteiger partial charge in [-0.2, -0.15) is 18.3 Å². The summed E-state index contributed by atoms with van der Waals surface area (Å²) >= 11 is 3.03. The van der Waals surface area contributed by atoms with Crippen LogP contribution in [0.15, 0.2) is 34.8 Å². The van der Waals surface area contributed by atoms with Crippen molar-refractivity contribution in [3.63, 3.8) is 0 Å². The van der Waals surface area contributed by atoms with E-state index in [0.717, 1.165) is 18.4 Å². The number of hydrogen-bond acceptors (Lipinski definition) is 2. The van der Waals surface area contributed by atoms with E-state index in [1.807, 2.05) is 37.3 Å². The van der Waals surface area contributed by atoms with Gasteiger partial charge < -0.3 is 5.32 Å². The van der Waals surface area contributed by atoms with E-state index in [4.69, 9.17) is 0 Å². The second kappa shape index (κ2) is 7.42. The van der Waals surface area contributed by atoms with Crippen molar-refractivity contribution in [1.29, 1.82) is 0 Å². The number of benzene rings is 1. The van der Waals surface area contributed by atoms with Gasteiger partial charge in [0.25, 0.3) is 0 Å². The minimum atomic E-state index is -4.56. The van der Waals surface area contributed by atoms with Crippen LogP contribution in [0.2, 0.25) is 0 Å². The minimum Gasteiger partial charge on any atom is -0.348 e. The molecule has 3 rings (SSSR count). The van der Waals surface area contributed by atoms with Gasteiger partial charge in [-0.1, -0.05) is 37.3 Å². The van der Waals surface area contributed by atoms with Gasteiger partial charge in [0.1, 0.15) is 6.54 Å². The first-order chi connectivity index (χ1) is 12.3. The van der Waals surface area contributed by atoms with Crippen LogP contribution in [-0.2, 0) is 17.5 Å². The molecule has 0 saturated heterocycles. The third-order valence-electron chi connectivity index (χ3n) is 4.40. The van der Waals surface area contributed by atoms with Gasteiger partial charge in [-0.3, -0.25) is 9.48 Å². The number of alkyl halides is 3. The van der Waals surface area contributed by atoms with Crippen molar-refractivity contribution in [3.8, 4) is 0 Å². The largest absolute Gasteiger partial charge is 0.436 e. The summed E-state index contributed by atoms with van der Waals surface area (Å²) < 4.78 is 40.6. The summed E-state index contributed by atoms with van der Waals surface area (Å²) in [6.45, 7) is 1.71. The molecule has 1 aliphatic carbocycles. The van der Waals surface area contributed by atoms with Crippen LogP contribution < -0.4 is 5.32 Å². The van der Waals surface area contributed by atoms with Gasteiger partial charge in [0.2, 0.25) is 5.91 Å². The molecule has 1 N–H and O–H groups in total. The molecule has 26 heavy (non-hydrogen) atoms. The Hall–Kier alpha value is -1.83. The lowest BCUT2D eigenvalue weighted by Gasteiger charge is -2.18. The molecule has 4 nitrogen and oxygen atoms in total. The maximum atomic E-state index is 13.1. The van der Waals surface area contributed by atoms with Crippen molar-refractivity contribution in [3.05, 3.63) is 51.8 Å². The lowest BCUT2D eigenvalue weighted by atomic mass is 10.0. The first kappa shape index (κ1) is 18.9. The number of carbonyl (C=O) groups excluding carboxylic acids is 1. The third kappa shape index (κ3) is 4.11. The molecule has 1 unspecified atom stereocenters. The Morgan fingerprint density at radius 2 is 2.00 bits per heavy atom. The predicted molar refractivity (Wildman–Crippen MR) is 94.5 cm³/mol. The van der Waals surface area contributed by atoms with Crippen LogP contribution in [0.25, 0.3) is 0 Å². The van der Waals surface area contributed by atoms with Crippen molar-refractivity contribution in [2.45, 2.75) is 50.9 Å². The molecule has 1 atom stereocenters. The maximum Gasteiger partial charge on any atom is 0.436 e. The summed E-state index contributed by atoms with van der Waals surface area (Å²) in [6, 6.07) is 9.30. The molecule has 1 aromatic heterocycles. The summed E-state index contributed by atoms with van der Waals surface area (Å²) in [5.41, 5.74) is 0.450. The Morgan fingerprint density at radius 1 is 1.35 bits per heavy atom. The minimum absolute atomic E-state index is 0.0249. The topological polar surface area (TPSA) is 46.9 Å². The van der Waals surface area contributed by atoms with E-state index >= 15 is 0 Å². The normalized spacial score (nSPS) is 15.7. The maximum absolute atomic E-state index is 13.1. The fourth-order valence-electron chi connectivity index (χ4n) is 2.98. The highest BCUT2D eigenvalue weighted by molar-refractivity contribution is 9.10. The van der Waals surface area contributed by atoms with Gasteiger partial charge in [0.15, 0.2) is 5.69 Å². The van der Waals surface area contributed by atoms with Crippen LogP contribution in [0, 0.1) is 0 Å². The fourth-order valence-corrected chi connectivity index (χ4v) is 3.82. The van der Waals surface area contributed by atoms with E-state index in [9.17, 15) is 18.0 Å². The van der Waals surface area contributed by atoms with Gasteiger partial charge >= 0.3 is 6.18 Å². The number of amides is 1. The molecule has 0 radical (unpaired) electrons. The number of hydrogen-bond donors (Lipinski definition) is 1. The van der Waals surface area contributed by atoms with E-state index in [2.05, 4.69) is 26.3 Å². The molecule has 8 heteroatoms. The van der Waals surface area contributed by atoms with Crippen molar-refractivity contribution in [2.75, 3.05) is 0 Å². The lowest BCUT2D eigenvalue weighted by molar-refractivity contribution is -0.142. The van der Waals surface area contributed by atoms with Crippen molar-refractivity contribution < 1.29 is 18.0 Å². The van der Waals surface area contributed by atoms with Gasteiger partial charge in [-0.25, -0.2) is 0 Å². The zero-order valence-corrected chi connectivity index (χ0v) is 15.8. The number of rotatable bonds is 6. The number of nitrogens with one attached hydrogen (secondary N) is 1. The summed E-state index contributed by atoms with van der Waals surface area (Å²) in [5, 5.41) is 6.56. The average Bonchev–Trinajstić information content (AvgIpc) is 3.36. The molecule has 0 spiro atoms. The van der Waals surface area contributed by atoms with E-state index < -0.39 is 11.9 Å². The average molecular weight is 430 g/mol. The van der Waals surface area contributed by atoms with Crippen molar-refractivity contribution in [1.82, 2.24) is 15.1 Å². The molecule has 0 bridgehead atoms. The van der Waals surface area contributed by atoms with Gasteiger partial charge in [-0.15, -0.1) is 0 Å². The second-order valence-corrected chi connectivity index (χ2v) is 7.21.